The number of thioether (sulfide) groups is 1. The van der Waals surface area contributed by atoms with E-state index in [9.17, 15) is 18.0 Å². The number of amidine groups is 1. The highest BCUT2D eigenvalue weighted by Crippen LogP contribution is 2.34. The van der Waals surface area contributed by atoms with Crippen LogP contribution in [0.1, 0.15) is 17.3 Å². The number of hydrogen-bond acceptors (Lipinski definition) is 7. The summed E-state index contributed by atoms with van der Waals surface area (Å²) >= 11 is 1.43. The summed E-state index contributed by atoms with van der Waals surface area (Å²) < 4.78 is 23.2. The SMILES string of the molecule is CC(=O)NCCNC(=O)c1cccc(NC2=NC3CS(=O)(=O)CC3S2)c1. The quantitative estimate of drug-likeness (QED) is 0.614. The first kappa shape index (κ1) is 18.7. The topological polar surface area (TPSA) is 117 Å². The summed E-state index contributed by atoms with van der Waals surface area (Å²) in [6, 6.07) is 6.80. The zero-order chi connectivity index (χ0) is 18.7. The summed E-state index contributed by atoms with van der Waals surface area (Å²) in [5, 5.41) is 9.15. The number of amides is 2. The highest BCUT2D eigenvalue weighted by Gasteiger charge is 2.42. The minimum absolute atomic E-state index is 0.0252. The average molecular weight is 396 g/mol. The van der Waals surface area contributed by atoms with E-state index < -0.39 is 9.84 Å². The van der Waals surface area contributed by atoms with Crippen LogP contribution in [0.25, 0.3) is 0 Å². The van der Waals surface area contributed by atoms with Crippen molar-refractivity contribution in [2.24, 2.45) is 4.99 Å². The predicted molar refractivity (Wildman–Crippen MR) is 102 cm³/mol. The van der Waals surface area contributed by atoms with Crippen LogP contribution in [0.3, 0.4) is 0 Å². The molecular weight excluding hydrogens is 376 g/mol. The van der Waals surface area contributed by atoms with Crippen LogP contribution < -0.4 is 16.0 Å². The van der Waals surface area contributed by atoms with Crippen molar-refractivity contribution in [3.63, 3.8) is 0 Å². The molecule has 2 amide bonds. The lowest BCUT2D eigenvalue weighted by Gasteiger charge is -2.09. The van der Waals surface area contributed by atoms with Gasteiger partial charge in [0, 0.05) is 36.5 Å². The van der Waals surface area contributed by atoms with Crippen molar-refractivity contribution in [2.45, 2.75) is 18.2 Å². The van der Waals surface area contributed by atoms with Gasteiger partial charge in [0.15, 0.2) is 15.0 Å². The average Bonchev–Trinajstić information content (AvgIpc) is 3.04. The third-order valence-electron chi connectivity index (χ3n) is 3.98. The predicted octanol–water partition coefficient (Wildman–Crippen LogP) is 0.233. The number of anilines is 1. The van der Waals surface area contributed by atoms with Crippen molar-refractivity contribution in [3.8, 4) is 0 Å². The lowest BCUT2D eigenvalue weighted by Crippen LogP contribution is -2.33. The van der Waals surface area contributed by atoms with Crippen LogP contribution >= 0.6 is 11.8 Å². The first-order valence-corrected chi connectivity index (χ1v) is 10.9. The molecule has 0 radical (unpaired) electrons. The van der Waals surface area contributed by atoms with Gasteiger partial charge in [-0.2, -0.15) is 0 Å². The van der Waals surface area contributed by atoms with Crippen molar-refractivity contribution >= 4 is 44.3 Å². The number of sulfone groups is 1. The Morgan fingerprint density at radius 1 is 1.23 bits per heavy atom. The van der Waals surface area contributed by atoms with E-state index in [2.05, 4.69) is 20.9 Å². The molecule has 2 atom stereocenters. The van der Waals surface area contributed by atoms with Crippen LogP contribution in [0.15, 0.2) is 29.3 Å². The Morgan fingerprint density at radius 3 is 2.73 bits per heavy atom. The fraction of sp³-hybridized carbons (Fsp3) is 0.438. The third-order valence-corrected chi connectivity index (χ3v) is 7.12. The van der Waals surface area contributed by atoms with Crippen LogP contribution in [0.2, 0.25) is 0 Å². The Labute approximate surface area is 156 Å². The molecule has 2 unspecified atom stereocenters. The standard InChI is InChI=1S/C16H20N4O4S2/c1-10(21)17-5-6-18-15(22)11-3-2-4-12(7-11)19-16-20-13-8-26(23,24)9-14(13)25-16/h2-4,7,13-14H,5-6,8-9H2,1H3,(H,17,21)(H,18,22)(H,19,20). The van der Waals surface area contributed by atoms with E-state index in [4.69, 9.17) is 0 Å². The second-order valence-corrected chi connectivity index (χ2v) is 9.56. The van der Waals surface area contributed by atoms with Crippen molar-refractivity contribution in [1.82, 2.24) is 10.6 Å². The zero-order valence-electron chi connectivity index (χ0n) is 14.2. The molecule has 0 aromatic heterocycles. The van der Waals surface area contributed by atoms with Crippen LogP contribution in [-0.2, 0) is 14.6 Å². The number of fused-ring (bicyclic) bond motifs is 1. The molecule has 8 nitrogen and oxygen atoms in total. The summed E-state index contributed by atoms with van der Waals surface area (Å²) in [7, 11) is -2.97. The van der Waals surface area contributed by atoms with Crippen LogP contribution in [-0.4, -0.2) is 61.3 Å². The van der Waals surface area contributed by atoms with Gasteiger partial charge in [0.1, 0.15) is 0 Å². The second-order valence-electron chi connectivity index (χ2n) is 6.18. The van der Waals surface area contributed by atoms with Crippen LogP contribution in [0.5, 0.6) is 0 Å². The molecule has 1 aromatic carbocycles. The molecule has 1 saturated heterocycles. The van der Waals surface area contributed by atoms with Gasteiger partial charge in [-0.1, -0.05) is 17.8 Å². The molecule has 0 bridgehead atoms. The monoisotopic (exact) mass is 396 g/mol. The van der Waals surface area contributed by atoms with Gasteiger partial charge in [-0.15, -0.1) is 0 Å². The third kappa shape index (κ3) is 4.76. The number of aliphatic imine (C=N–C) groups is 1. The molecule has 0 spiro atoms. The van der Waals surface area contributed by atoms with Gasteiger partial charge in [-0.05, 0) is 18.2 Å². The lowest BCUT2D eigenvalue weighted by molar-refractivity contribution is -0.118. The Hall–Kier alpha value is -2.07. The number of carbonyl (C=O) groups excluding carboxylic acids is 2. The van der Waals surface area contributed by atoms with E-state index in [-0.39, 0.29) is 34.6 Å². The van der Waals surface area contributed by atoms with Gasteiger partial charge in [0.2, 0.25) is 5.91 Å². The largest absolute Gasteiger partial charge is 0.355 e. The summed E-state index contributed by atoms with van der Waals surface area (Å²) in [4.78, 5) is 27.4. The van der Waals surface area contributed by atoms with Crippen LogP contribution in [0, 0.1) is 0 Å². The van der Waals surface area contributed by atoms with Gasteiger partial charge in [-0.25, -0.2) is 8.42 Å². The number of benzene rings is 1. The van der Waals surface area contributed by atoms with Gasteiger partial charge in [0.05, 0.1) is 17.5 Å². The Kier molecular flexibility index (Phi) is 5.52. The summed E-state index contributed by atoms with van der Waals surface area (Å²) in [6.45, 7) is 2.14. The van der Waals surface area contributed by atoms with E-state index in [1.807, 2.05) is 6.07 Å². The van der Waals surface area contributed by atoms with Gasteiger partial charge < -0.3 is 16.0 Å². The molecule has 2 aliphatic heterocycles. The van der Waals surface area contributed by atoms with Crippen molar-refractivity contribution < 1.29 is 18.0 Å². The molecule has 10 heteroatoms. The molecule has 1 aromatic rings. The Morgan fingerprint density at radius 2 is 2.00 bits per heavy atom. The Balaban J connectivity index is 1.56. The van der Waals surface area contributed by atoms with E-state index in [0.29, 0.717) is 29.5 Å². The summed E-state index contributed by atoms with van der Waals surface area (Å²) in [6.07, 6.45) is 0. The van der Waals surface area contributed by atoms with E-state index >= 15 is 0 Å². The number of nitrogens with zero attached hydrogens (tertiary/aromatic N) is 1. The molecule has 26 heavy (non-hydrogen) atoms. The summed E-state index contributed by atoms with van der Waals surface area (Å²) in [5.41, 5.74) is 1.21. The van der Waals surface area contributed by atoms with Gasteiger partial charge in [-0.3, -0.25) is 14.6 Å². The van der Waals surface area contributed by atoms with Crippen molar-refractivity contribution in [2.75, 3.05) is 29.9 Å². The molecule has 2 heterocycles. The minimum Gasteiger partial charge on any atom is -0.355 e. The number of rotatable bonds is 5. The Bertz CT molecular complexity index is 854. The maximum atomic E-state index is 12.2. The first-order chi connectivity index (χ1) is 12.3. The first-order valence-electron chi connectivity index (χ1n) is 8.17. The molecular formula is C16H20N4O4S2. The maximum absolute atomic E-state index is 12.2. The van der Waals surface area contributed by atoms with Crippen molar-refractivity contribution in [3.05, 3.63) is 29.8 Å². The number of nitrogens with one attached hydrogen (secondary N) is 3. The molecule has 2 aliphatic rings. The van der Waals surface area contributed by atoms with Crippen molar-refractivity contribution in [1.29, 1.82) is 0 Å². The molecule has 0 aliphatic carbocycles. The zero-order valence-corrected chi connectivity index (χ0v) is 15.8. The molecule has 0 saturated carbocycles. The van der Waals surface area contributed by atoms with Crippen LogP contribution in [0.4, 0.5) is 5.69 Å². The van der Waals surface area contributed by atoms with Gasteiger partial charge >= 0.3 is 0 Å². The van der Waals surface area contributed by atoms with Gasteiger partial charge in [0.25, 0.3) is 5.91 Å². The molecule has 3 rings (SSSR count). The highest BCUT2D eigenvalue weighted by molar-refractivity contribution is 8.15. The smallest absolute Gasteiger partial charge is 0.251 e. The summed E-state index contributed by atoms with van der Waals surface area (Å²) in [5.74, 6) is -0.110. The minimum atomic E-state index is -2.97. The van der Waals surface area contributed by atoms with E-state index in [1.54, 1.807) is 18.2 Å². The number of hydrogen-bond donors (Lipinski definition) is 3. The molecule has 1 fully saturated rings. The fourth-order valence-corrected chi connectivity index (χ4v) is 6.47. The maximum Gasteiger partial charge on any atom is 0.251 e. The normalized spacial score (nSPS) is 23.0. The molecule has 140 valence electrons. The van der Waals surface area contributed by atoms with E-state index in [1.165, 1.54) is 18.7 Å². The highest BCUT2D eigenvalue weighted by atomic mass is 32.2. The lowest BCUT2D eigenvalue weighted by atomic mass is 10.2. The second kappa shape index (κ2) is 7.67. The number of carbonyl (C=O) groups is 2. The fourth-order valence-electron chi connectivity index (χ4n) is 2.79. The molecule has 3 N–H and O–H groups in total. The van der Waals surface area contributed by atoms with E-state index in [0.717, 1.165) is 0 Å².